The topological polar surface area (TPSA) is 49.3 Å². The second kappa shape index (κ2) is 5.74. The molecule has 3 nitrogen and oxygen atoms in total. The highest BCUT2D eigenvalue weighted by Crippen LogP contribution is 2.30. The smallest absolute Gasteiger partial charge is 0.251 e. The molecule has 2 atom stereocenters. The fraction of sp³-hybridized carbons (Fsp3) is 0.500. The van der Waals surface area contributed by atoms with Crippen molar-refractivity contribution in [2.24, 2.45) is 5.92 Å². The van der Waals surface area contributed by atoms with Crippen LogP contribution in [-0.2, 0) is 0 Å². The lowest BCUT2D eigenvalue weighted by Gasteiger charge is -2.12. The molecule has 0 spiro atoms. The lowest BCUT2D eigenvalue weighted by atomic mass is 10.1. The number of halogens is 1. The van der Waals surface area contributed by atoms with E-state index in [1.807, 2.05) is 0 Å². The molecule has 0 aromatic heterocycles. The average molecular weight is 312 g/mol. The van der Waals surface area contributed by atoms with Gasteiger partial charge in [0.15, 0.2) is 0 Å². The monoisotopic (exact) mass is 311 g/mol. The lowest BCUT2D eigenvalue weighted by molar-refractivity contribution is 0.0946. The van der Waals surface area contributed by atoms with E-state index in [0.717, 1.165) is 19.4 Å². The summed E-state index contributed by atoms with van der Waals surface area (Å²) in [5.41, 5.74) is 1.20. The van der Waals surface area contributed by atoms with E-state index in [0.29, 0.717) is 21.9 Å². The number of aromatic hydroxyl groups is 1. The van der Waals surface area contributed by atoms with Gasteiger partial charge in [-0.1, -0.05) is 22.0 Å². The Labute approximate surface area is 116 Å². The molecule has 98 valence electrons. The van der Waals surface area contributed by atoms with Gasteiger partial charge in [0.25, 0.3) is 5.91 Å². The van der Waals surface area contributed by atoms with Gasteiger partial charge in [0.1, 0.15) is 5.75 Å². The summed E-state index contributed by atoms with van der Waals surface area (Å²) >= 11 is 3.61. The van der Waals surface area contributed by atoms with Crippen molar-refractivity contribution < 1.29 is 9.90 Å². The number of carbonyl (C=O) groups excluding carboxylic acids is 1. The molecule has 0 saturated heterocycles. The standard InChI is InChI=1S/C14H18BrNO2/c1-9-12(3-2-4-13(9)17)14(18)16-8-10-5-6-11(15)7-10/h2-4,10-11,17H,5-8H2,1H3,(H,16,18). The molecule has 0 aliphatic heterocycles. The highest BCUT2D eigenvalue weighted by Gasteiger charge is 2.23. The number of alkyl halides is 1. The van der Waals surface area contributed by atoms with Gasteiger partial charge in [-0.15, -0.1) is 0 Å². The van der Waals surface area contributed by atoms with Crippen LogP contribution in [0, 0.1) is 12.8 Å². The number of carbonyl (C=O) groups is 1. The van der Waals surface area contributed by atoms with Gasteiger partial charge in [0.05, 0.1) is 0 Å². The van der Waals surface area contributed by atoms with Crippen molar-refractivity contribution in [2.45, 2.75) is 31.0 Å². The van der Waals surface area contributed by atoms with Crippen molar-refractivity contribution in [3.8, 4) is 5.75 Å². The van der Waals surface area contributed by atoms with Crippen LogP contribution < -0.4 is 5.32 Å². The van der Waals surface area contributed by atoms with Crippen LogP contribution in [0.5, 0.6) is 5.75 Å². The molecule has 1 aliphatic rings. The van der Waals surface area contributed by atoms with E-state index >= 15 is 0 Å². The minimum Gasteiger partial charge on any atom is -0.508 e. The van der Waals surface area contributed by atoms with E-state index in [9.17, 15) is 9.90 Å². The predicted octanol–water partition coefficient (Wildman–Crippen LogP) is 2.99. The van der Waals surface area contributed by atoms with E-state index in [1.165, 1.54) is 6.42 Å². The maximum atomic E-state index is 12.0. The van der Waals surface area contributed by atoms with Gasteiger partial charge in [-0.25, -0.2) is 0 Å². The number of phenols is 1. The summed E-state index contributed by atoms with van der Waals surface area (Å²) in [6.45, 7) is 2.48. The van der Waals surface area contributed by atoms with Crippen LogP contribution in [0.3, 0.4) is 0 Å². The normalized spacial score (nSPS) is 23.0. The minimum absolute atomic E-state index is 0.0959. The number of hydrogen-bond acceptors (Lipinski definition) is 2. The van der Waals surface area contributed by atoms with Gasteiger partial charge in [-0.05, 0) is 44.2 Å². The van der Waals surface area contributed by atoms with Gasteiger partial charge >= 0.3 is 0 Å². The van der Waals surface area contributed by atoms with Gasteiger partial charge < -0.3 is 10.4 Å². The van der Waals surface area contributed by atoms with Crippen molar-refractivity contribution >= 4 is 21.8 Å². The summed E-state index contributed by atoms with van der Waals surface area (Å²) in [6.07, 6.45) is 3.47. The molecule has 2 N–H and O–H groups in total. The third kappa shape index (κ3) is 3.05. The molecular weight excluding hydrogens is 294 g/mol. The van der Waals surface area contributed by atoms with E-state index in [-0.39, 0.29) is 11.7 Å². The predicted molar refractivity (Wildman–Crippen MR) is 75.2 cm³/mol. The van der Waals surface area contributed by atoms with Crippen molar-refractivity contribution in [1.29, 1.82) is 0 Å². The molecule has 1 aromatic carbocycles. The molecule has 1 fully saturated rings. The number of amides is 1. The van der Waals surface area contributed by atoms with E-state index in [4.69, 9.17) is 0 Å². The lowest BCUT2D eigenvalue weighted by Crippen LogP contribution is -2.29. The number of nitrogens with one attached hydrogen (secondary N) is 1. The Morgan fingerprint density at radius 1 is 1.50 bits per heavy atom. The molecular formula is C14H18BrNO2. The van der Waals surface area contributed by atoms with Crippen LogP contribution in [0.2, 0.25) is 0 Å². The van der Waals surface area contributed by atoms with Crippen LogP contribution in [-0.4, -0.2) is 22.4 Å². The summed E-state index contributed by atoms with van der Waals surface area (Å²) < 4.78 is 0. The summed E-state index contributed by atoms with van der Waals surface area (Å²) in [4.78, 5) is 12.6. The Hall–Kier alpha value is -1.03. The molecule has 4 heteroatoms. The van der Waals surface area contributed by atoms with E-state index in [2.05, 4.69) is 21.2 Å². The first-order valence-corrected chi connectivity index (χ1v) is 7.20. The molecule has 18 heavy (non-hydrogen) atoms. The Balaban J connectivity index is 1.94. The second-order valence-electron chi connectivity index (χ2n) is 4.94. The highest BCUT2D eigenvalue weighted by molar-refractivity contribution is 9.09. The van der Waals surface area contributed by atoms with Gasteiger partial charge in [0.2, 0.25) is 0 Å². The zero-order chi connectivity index (χ0) is 13.1. The van der Waals surface area contributed by atoms with Crippen molar-refractivity contribution in [3.63, 3.8) is 0 Å². The zero-order valence-electron chi connectivity index (χ0n) is 10.4. The zero-order valence-corrected chi connectivity index (χ0v) is 12.0. The molecule has 1 saturated carbocycles. The second-order valence-corrected chi connectivity index (χ2v) is 6.23. The average Bonchev–Trinajstić information content (AvgIpc) is 2.76. The summed E-state index contributed by atoms with van der Waals surface area (Å²) in [7, 11) is 0. The summed E-state index contributed by atoms with van der Waals surface area (Å²) in [5, 5.41) is 12.5. The molecule has 0 bridgehead atoms. The maximum absolute atomic E-state index is 12.0. The Morgan fingerprint density at radius 2 is 2.28 bits per heavy atom. The molecule has 2 rings (SSSR count). The largest absolute Gasteiger partial charge is 0.508 e. The number of hydrogen-bond donors (Lipinski definition) is 2. The first-order valence-electron chi connectivity index (χ1n) is 6.28. The van der Waals surface area contributed by atoms with Crippen LogP contribution >= 0.6 is 15.9 Å². The quantitative estimate of drug-likeness (QED) is 0.843. The SMILES string of the molecule is Cc1c(O)cccc1C(=O)NCC1CCC(Br)C1. The molecule has 2 unspecified atom stereocenters. The molecule has 0 radical (unpaired) electrons. The Bertz CT molecular complexity index is 447. The van der Waals surface area contributed by atoms with Crippen LogP contribution in [0.15, 0.2) is 18.2 Å². The molecule has 0 heterocycles. The van der Waals surface area contributed by atoms with Gasteiger partial charge in [-0.3, -0.25) is 4.79 Å². The number of rotatable bonds is 3. The van der Waals surface area contributed by atoms with Crippen molar-refractivity contribution in [2.75, 3.05) is 6.54 Å². The van der Waals surface area contributed by atoms with Crippen LogP contribution in [0.4, 0.5) is 0 Å². The third-order valence-electron chi connectivity index (χ3n) is 3.58. The van der Waals surface area contributed by atoms with Crippen LogP contribution in [0.1, 0.15) is 35.2 Å². The minimum atomic E-state index is -0.0959. The highest BCUT2D eigenvalue weighted by atomic mass is 79.9. The van der Waals surface area contributed by atoms with Gasteiger partial charge in [0, 0.05) is 22.5 Å². The fourth-order valence-corrected chi connectivity index (χ4v) is 3.19. The first-order chi connectivity index (χ1) is 8.58. The molecule has 1 aliphatic carbocycles. The third-order valence-corrected chi connectivity index (χ3v) is 4.41. The number of phenolic OH excluding ortho intramolecular Hbond substituents is 1. The number of benzene rings is 1. The molecule has 1 amide bonds. The van der Waals surface area contributed by atoms with Crippen LogP contribution in [0.25, 0.3) is 0 Å². The Morgan fingerprint density at radius 3 is 2.94 bits per heavy atom. The van der Waals surface area contributed by atoms with Crippen molar-refractivity contribution in [3.05, 3.63) is 29.3 Å². The summed E-state index contributed by atoms with van der Waals surface area (Å²) in [5.74, 6) is 0.640. The van der Waals surface area contributed by atoms with E-state index in [1.54, 1.807) is 25.1 Å². The van der Waals surface area contributed by atoms with E-state index < -0.39 is 0 Å². The fourth-order valence-electron chi connectivity index (χ4n) is 2.40. The summed E-state index contributed by atoms with van der Waals surface area (Å²) in [6, 6.07) is 5.03. The molecule has 1 aromatic rings. The maximum Gasteiger partial charge on any atom is 0.251 e. The van der Waals surface area contributed by atoms with Gasteiger partial charge in [-0.2, -0.15) is 0 Å². The van der Waals surface area contributed by atoms with Crippen molar-refractivity contribution in [1.82, 2.24) is 5.32 Å². The Kier molecular flexibility index (Phi) is 4.27. The first kappa shape index (κ1) is 13.4.